The van der Waals surface area contributed by atoms with Crippen LogP contribution >= 0.6 is 0 Å². The van der Waals surface area contributed by atoms with Crippen LogP contribution in [0, 0.1) is 0 Å². The highest BCUT2D eigenvalue weighted by atomic mass is 32.2. The highest BCUT2D eigenvalue weighted by Crippen LogP contribution is 2.18. The van der Waals surface area contributed by atoms with Gasteiger partial charge in [0.15, 0.2) is 5.16 Å². The van der Waals surface area contributed by atoms with Crippen LogP contribution in [0.25, 0.3) is 11.0 Å². The molecule has 0 unspecified atom stereocenters. The summed E-state index contributed by atoms with van der Waals surface area (Å²) in [6, 6.07) is 7.79. The van der Waals surface area contributed by atoms with Crippen molar-refractivity contribution in [1.29, 1.82) is 0 Å². The molecule has 0 aliphatic carbocycles. The van der Waals surface area contributed by atoms with Gasteiger partial charge < -0.3 is 10.3 Å². The van der Waals surface area contributed by atoms with Gasteiger partial charge in [-0.3, -0.25) is 4.21 Å². The van der Waals surface area contributed by atoms with Gasteiger partial charge in [0.2, 0.25) is 0 Å². The Labute approximate surface area is 102 Å². The summed E-state index contributed by atoms with van der Waals surface area (Å²) in [5, 5.41) is 4.08. The second-order valence-electron chi connectivity index (χ2n) is 4.32. The van der Waals surface area contributed by atoms with Gasteiger partial charge in [-0.15, -0.1) is 0 Å². The van der Waals surface area contributed by atoms with Crippen LogP contribution in [0.3, 0.4) is 0 Å². The average Bonchev–Trinajstić information content (AvgIpc) is 2.82. The molecule has 1 fully saturated rings. The first-order chi connectivity index (χ1) is 8.34. The van der Waals surface area contributed by atoms with Gasteiger partial charge in [0.1, 0.15) is 0 Å². The summed E-state index contributed by atoms with van der Waals surface area (Å²) in [5.41, 5.74) is 1.85. The lowest BCUT2D eigenvalue weighted by atomic mass is 10.2. The fraction of sp³-hybridized carbons (Fsp3) is 0.417. The van der Waals surface area contributed by atoms with Crippen LogP contribution in [-0.4, -0.2) is 32.5 Å². The van der Waals surface area contributed by atoms with E-state index in [1.807, 2.05) is 24.3 Å². The molecule has 4 nitrogen and oxygen atoms in total. The van der Waals surface area contributed by atoms with E-state index in [2.05, 4.69) is 15.3 Å². The Bertz CT molecular complexity index is 512. The maximum absolute atomic E-state index is 12.3. The van der Waals surface area contributed by atoms with Gasteiger partial charge in [-0.25, -0.2) is 4.98 Å². The lowest BCUT2D eigenvalue weighted by Crippen LogP contribution is -2.36. The van der Waals surface area contributed by atoms with Crippen LogP contribution in [0.5, 0.6) is 0 Å². The van der Waals surface area contributed by atoms with Crippen LogP contribution in [0.15, 0.2) is 29.4 Å². The van der Waals surface area contributed by atoms with E-state index in [-0.39, 0.29) is 5.25 Å². The SMILES string of the molecule is O=[S@@](c1nc2ccccc2[nH]1)[C@@H]1CCCNC1. The third-order valence-corrected chi connectivity index (χ3v) is 4.69. The van der Waals surface area contributed by atoms with Crippen molar-refractivity contribution in [2.24, 2.45) is 0 Å². The van der Waals surface area contributed by atoms with Crippen molar-refractivity contribution in [3.8, 4) is 0 Å². The zero-order chi connectivity index (χ0) is 11.7. The molecule has 2 aromatic rings. The van der Waals surface area contributed by atoms with E-state index in [0.29, 0.717) is 5.16 Å². The van der Waals surface area contributed by atoms with Crippen LogP contribution in [-0.2, 0) is 10.8 Å². The average molecular weight is 249 g/mol. The van der Waals surface area contributed by atoms with Crippen molar-refractivity contribution in [3.63, 3.8) is 0 Å². The molecule has 0 amide bonds. The Morgan fingerprint density at radius 3 is 3.00 bits per heavy atom. The van der Waals surface area contributed by atoms with Gasteiger partial charge in [-0.2, -0.15) is 0 Å². The van der Waals surface area contributed by atoms with E-state index in [1.165, 1.54) is 0 Å². The minimum Gasteiger partial charge on any atom is -0.331 e. The summed E-state index contributed by atoms with van der Waals surface area (Å²) in [6.45, 7) is 1.86. The number of imidazole rings is 1. The van der Waals surface area contributed by atoms with Gasteiger partial charge in [0.25, 0.3) is 0 Å². The van der Waals surface area contributed by atoms with Crippen molar-refractivity contribution in [3.05, 3.63) is 24.3 Å². The predicted octanol–water partition coefficient (Wildman–Crippen LogP) is 1.42. The molecule has 0 radical (unpaired) electrons. The van der Waals surface area contributed by atoms with Crippen LogP contribution in [0.4, 0.5) is 0 Å². The third-order valence-electron chi connectivity index (χ3n) is 3.11. The minimum atomic E-state index is -1.03. The fourth-order valence-corrected chi connectivity index (χ4v) is 3.55. The largest absolute Gasteiger partial charge is 0.331 e. The Balaban J connectivity index is 1.89. The fourth-order valence-electron chi connectivity index (χ4n) is 2.19. The molecule has 17 heavy (non-hydrogen) atoms. The zero-order valence-electron chi connectivity index (χ0n) is 9.48. The number of hydrogen-bond donors (Lipinski definition) is 2. The highest BCUT2D eigenvalue weighted by Gasteiger charge is 2.23. The number of benzene rings is 1. The molecule has 5 heteroatoms. The molecule has 0 bridgehead atoms. The van der Waals surface area contributed by atoms with Crippen molar-refractivity contribution in [2.45, 2.75) is 23.2 Å². The second-order valence-corrected chi connectivity index (χ2v) is 5.97. The summed E-state index contributed by atoms with van der Waals surface area (Å²) >= 11 is 0. The van der Waals surface area contributed by atoms with E-state index in [1.54, 1.807) is 0 Å². The van der Waals surface area contributed by atoms with E-state index in [9.17, 15) is 4.21 Å². The molecule has 0 spiro atoms. The standard InChI is InChI=1S/C12H15N3OS/c16-17(9-4-3-7-13-8-9)12-14-10-5-1-2-6-11(10)15-12/h1-2,5-6,9,13H,3-4,7-8H2,(H,14,15)/t9-,17-/m1/s1. The molecule has 2 N–H and O–H groups in total. The van der Waals surface area contributed by atoms with Gasteiger partial charge in [-0.1, -0.05) is 12.1 Å². The predicted molar refractivity (Wildman–Crippen MR) is 68.4 cm³/mol. The van der Waals surface area contributed by atoms with Gasteiger partial charge in [0.05, 0.1) is 27.1 Å². The van der Waals surface area contributed by atoms with Crippen molar-refractivity contribution in [2.75, 3.05) is 13.1 Å². The van der Waals surface area contributed by atoms with E-state index < -0.39 is 10.8 Å². The third kappa shape index (κ3) is 2.12. The number of piperidine rings is 1. The van der Waals surface area contributed by atoms with E-state index in [4.69, 9.17) is 0 Å². The first kappa shape index (κ1) is 10.9. The zero-order valence-corrected chi connectivity index (χ0v) is 10.3. The topological polar surface area (TPSA) is 57.8 Å². The van der Waals surface area contributed by atoms with E-state index in [0.717, 1.165) is 37.0 Å². The first-order valence-electron chi connectivity index (χ1n) is 5.90. The Kier molecular flexibility index (Phi) is 2.94. The van der Waals surface area contributed by atoms with Crippen LogP contribution < -0.4 is 5.32 Å². The van der Waals surface area contributed by atoms with Crippen LogP contribution in [0.1, 0.15) is 12.8 Å². The van der Waals surface area contributed by atoms with Crippen LogP contribution in [0.2, 0.25) is 0 Å². The van der Waals surface area contributed by atoms with Gasteiger partial charge >= 0.3 is 0 Å². The van der Waals surface area contributed by atoms with Crippen molar-refractivity contribution < 1.29 is 4.21 Å². The van der Waals surface area contributed by atoms with Gasteiger partial charge in [0, 0.05) is 6.54 Å². The monoisotopic (exact) mass is 249 g/mol. The molecule has 2 atom stereocenters. The molecule has 1 aliphatic rings. The summed E-state index contributed by atoms with van der Waals surface area (Å²) in [4.78, 5) is 7.56. The number of aromatic nitrogens is 2. The smallest absolute Gasteiger partial charge is 0.197 e. The molecule has 90 valence electrons. The maximum atomic E-state index is 12.3. The molecule has 1 aliphatic heterocycles. The number of H-pyrrole nitrogens is 1. The number of hydrogen-bond acceptors (Lipinski definition) is 3. The Morgan fingerprint density at radius 2 is 2.24 bits per heavy atom. The number of fused-ring (bicyclic) bond motifs is 1. The number of para-hydroxylation sites is 2. The molecule has 1 aromatic carbocycles. The first-order valence-corrected chi connectivity index (χ1v) is 7.12. The van der Waals surface area contributed by atoms with E-state index >= 15 is 0 Å². The molecule has 1 saturated heterocycles. The number of aromatic amines is 1. The molecule has 1 aromatic heterocycles. The molecular formula is C12H15N3OS. The highest BCUT2D eigenvalue weighted by molar-refractivity contribution is 7.85. The Hall–Kier alpha value is -1.20. The molecule has 3 rings (SSSR count). The lowest BCUT2D eigenvalue weighted by molar-refractivity contribution is 0.518. The number of rotatable bonds is 2. The summed E-state index contributed by atoms with van der Waals surface area (Å²) in [6.07, 6.45) is 2.10. The number of nitrogens with zero attached hydrogens (tertiary/aromatic N) is 1. The minimum absolute atomic E-state index is 0.185. The van der Waals surface area contributed by atoms with Gasteiger partial charge in [-0.05, 0) is 31.5 Å². The quantitative estimate of drug-likeness (QED) is 0.846. The molecular weight excluding hydrogens is 234 g/mol. The summed E-state index contributed by atoms with van der Waals surface area (Å²) in [5.74, 6) is 0. The molecule has 0 saturated carbocycles. The second kappa shape index (κ2) is 4.58. The molecule has 2 heterocycles. The van der Waals surface area contributed by atoms with Crippen molar-refractivity contribution in [1.82, 2.24) is 15.3 Å². The maximum Gasteiger partial charge on any atom is 0.197 e. The van der Waals surface area contributed by atoms with Crippen molar-refractivity contribution >= 4 is 21.8 Å². The summed E-state index contributed by atoms with van der Waals surface area (Å²) in [7, 11) is -1.03. The summed E-state index contributed by atoms with van der Waals surface area (Å²) < 4.78 is 12.3. The number of nitrogens with one attached hydrogen (secondary N) is 2. The lowest BCUT2D eigenvalue weighted by Gasteiger charge is -2.20. The Morgan fingerprint density at radius 1 is 1.35 bits per heavy atom. The normalized spacial score (nSPS) is 22.7.